The molecule has 0 bridgehead atoms. The lowest BCUT2D eigenvalue weighted by atomic mass is 10.0. The molecule has 2 aliphatic heterocycles. The van der Waals surface area contributed by atoms with E-state index >= 15 is 0 Å². The third-order valence-corrected chi connectivity index (χ3v) is 3.99. The first kappa shape index (κ1) is 14.3. The normalized spacial score (nSPS) is 26.4. The highest BCUT2D eigenvalue weighted by Crippen LogP contribution is 2.18. The topological polar surface area (TPSA) is 56.6 Å². The fraction of sp³-hybridized carbons (Fsp3) is 0.857. The van der Waals surface area contributed by atoms with Gasteiger partial charge in [0, 0.05) is 32.8 Å². The number of piperazine rings is 1. The van der Waals surface area contributed by atoms with Crippen molar-refractivity contribution in [1.82, 2.24) is 9.80 Å². The van der Waals surface area contributed by atoms with E-state index < -0.39 is 0 Å². The Balaban J connectivity index is 1.85. The lowest BCUT2D eigenvalue weighted by molar-refractivity contribution is -0.143. The van der Waals surface area contributed by atoms with E-state index in [2.05, 4.69) is 24.8 Å². The Morgan fingerprint density at radius 1 is 1.32 bits per heavy atom. The number of carbonyl (C=O) groups is 1. The van der Waals surface area contributed by atoms with Gasteiger partial charge in [0.25, 0.3) is 5.91 Å². The lowest BCUT2D eigenvalue weighted by Gasteiger charge is -2.38. The highest BCUT2D eigenvalue weighted by molar-refractivity contribution is 5.81. The van der Waals surface area contributed by atoms with Crippen LogP contribution in [0.3, 0.4) is 0 Å². The van der Waals surface area contributed by atoms with Crippen molar-refractivity contribution in [2.45, 2.75) is 38.8 Å². The van der Waals surface area contributed by atoms with Crippen molar-refractivity contribution in [2.75, 3.05) is 32.8 Å². The van der Waals surface area contributed by atoms with Gasteiger partial charge in [-0.05, 0) is 18.8 Å². The summed E-state index contributed by atoms with van der Waals surface area (Å²) < 4.78 is 5.44. The minimum atomic E-state index is -0.219. The van der Waals surface area contributed by atoms with Gasteiger partial charge in [-0.1, -0.05) is 13.8 Å². The van der Waals surface area contributed by atoms with Gasteiger partial charge in [-0.25, -0.2) is 0 Å². The second-order valence-electron chi connectivity index (χ2n) is 5.68. The predicted molar refractivity (Wildman–Crippen MR) is 71.4 cm³/mol. The molecule has 0 saturated carbocycles. The number of nitriles is 1. The van der Waals surface area contributed by atoms with Gasteiger partial charge in [0.05, 0.1) is 6.07 Å². The molecule has 0 aliphatic carbocycles. The van der Waals surface area contributed by atoms with Crippen LogP contribution in [0.15, 0.2) is 0 Å². The molecule has 0 spiro atoms. The van der Waals surface area contributed by atoms with Crippen molar-refractivity contribution in [3.8, 4) is 6.07 Å². The van der Waals surface area contributed by atoms with Crippen LogP contribution in [0.4, 0.5) is 0 Å². The van der Waals surface area contributed by atoms with Crippen LogP contribution in [-0.2, 0) is 9.53 Å². The van der Waals surface area contributed by atoms with Gasteiger partial charge in [0.15, 0.2) is 0 Å². The third kappa shape index (κ3) is 3.26. The number of ether oxygens (including phenoxy) is 1. The third-order valence-electron chi connectivity index (χ3n) is 3.99. The van der Waals surface area contributed by atoms with Crippen molar-refractivity contribution in [3.63, 3.8) is 0 Å². The van der Waals surface area contributed by atoms with Crippen LogP contribution in [0.1, 0.15) is 26.7 Å². The fourth-order valence-electron chi connectivity index (χ4n) is 2.85. The molecule has 19 heavy (non-hydrogen) atoms. The van der Waals surface area contributed by atoms with E-state index in [4.69, 9.17) is 4.74 Å². The maximum absolute atomic E-state index is 12.2. The molecule has 2 fully saturated rings. The molecule has 0 aromatic heterocycles. The first-order valence-corrected chi connectivity index (χ1v) is 7.17. The Labute approximate surface area is 115 Å². The van der Waals surface area contributed by atoms with Gasteiger partial charge in [-0.15, -0.1) is 0 Å². The van der Waals surface area contributed by atoms with Crippen molar-refractivity contribution in [1.29, 1.82) is 5.26 Å². The summed E-state index contributed by atoms with van der Waals surface area (Å²) in [5, 5.41) is 9.20. The van der Waals surface area contributed by atoms with Crippen LogP contribution in [0.2, 0.25) is 0 Å². The molecule has 5 nitrogen and oxygen atoms in total. The van der Waals surface area contributed by atoms with E-state index in [1.807, 2.05) is 4.90 Å². The molecule has 2 rings (SSSR count). The summed E-state index contributed by atoms with van der Waals surface area (Å²) in [6, 6.07) is 2.33. The Morgan fingerprint density at radius 3 is 2.47 bits per heavy atom. The van der Waals surface area contributed by atoms with Gasteiger partial charge in [0.1, 0.15) is 12.1 Å². The number of nitrogens with zero attached hydrogens (tertiary/aromatic N) is 3. The van der Waals surface area contributed by atoms with Crippen LogP contribution in [0, 0.1) is 17.2 Å². The zero-order valence-corrected chi connectivity index (χ0v) is 11.8. The summed E-state index contributed by atoms with van der Waals surface area (Å²) in [5.41, 5.74) is 0. The molecule has 0 aromatic rings. The minimum Gasteiger partial charge on any atom is -0.368 e. The van der Waals surface area contributed by atoms with Crippen LogP contribution >= 0.6 is 0 Å². The van der Waals surface area contributed by atoms with Gasteiger partial charge >= 0.3 is 0 Å². The molecule has 0 N–H and O–H groups in total. The molecule has 1 amide bonds. The summed E-state index contributed by atoms with van der Waals surface area (Å²) in [7, 11) is 0. The van der Waals surface area contributed by atoms with E-state index in [1.165, 1.54) is 0 Å². The molecule has 0 radical (unpaired) electrons. The van der Waals surface area contributed by atoms with Crippen molar-refractivity contribution in [2.24, 2.45) is 5.92 Å². The summed E-state index contributed by atoms with van der Waals surface area (Å²) in [4.78, 5) is 16.3. The molecule has 2 atom stereocenters. The molecular formula is C14H23N3O2. The van der Waals surface area contributed by atoms with Crippen LogP contribution in [0.25, 0.3) is 0 Å². The maximum atomic E-state index is 12.2. The van der Waals surface area contributed by atoms with E-state index in [-0.39, 0.29) is 18.1 Å². The quantitative estimate of drug-likeness (QED) is 0.759. The molecule has 106 valence electrons. The van der Waals surface area contributed by atoms with E-state index in [9.17, 15) is 10.1 Å². The molecule has 2 aliphatic rings. The summed E-state index contributed by atoms with van der Waals surface area (Å²) in [5.74, 6) is 0.459. The minimum absolute atomic E-state index is 0.0417. The summed E-state index contributed by atoms with van der Waals surface area (Å²) in [6.07, 6.45) is 1.62. The molecule has 0 aromatic carbocycles. The van der Waals surface area contributed by atoms with E-state index in [1.54, 1.807) is 0 Å². The first-order valence-electron chi connectivity index (χ1n) is 7.17. The average Bonchev–Trinajstić information content (AvgIpc) is 2.93. The predicted octanol–water partition coefficient (Wildman–Crippen LogP) is 0.858. The molecule has 0 unspecified atom stereocenters. The standard InChI is InChI=1S/C14H23N3O2/c1-11(2)12(10-15)16-5-7-17(8-6-16)14(18)13-4-3-9-19-13/h11-13H,3-9H2,1-2H3/t12-,13-/m1/s1. The van der Waals surface area contributed by atoms with Gasteiger partial charge in [-0.2, -0.15) is 5.26 Å². The Morgan fingerprint density at radius 2 is 2.00 bits per heavy atom. The van der Waals surface area contributed by atoms with Crippen LogP contribution in [-0.4, -0.2) is 60.6 Å². The molecular weight excluding hydrogens is 242 g/mol. The number of hydrogen-bond donors (Lipinski definition) is 0. The summed E-state index contributed by atoms with van der Waals surface area (Å²) >= 11 is 0. The van der Waals surface area contributed by atoms with E-state index in [0.29, 0.717) is 25.6 Å². The van der Waals surface area contributed by atoms with Crippen molar-refractivity contribution < 1.29 is 9.53 Å². The monoisotopic (exact) mass is 265 g/mol. The summed E-state index contributed by atoms with van der Waals surface area (Å²) in [6.45, 7) is 7.84. The Kier molecular flexibility index (Phi) is 4.78. The second kappa shape index (κ2) is 6.36. The maximum Gasteiger partial charge on any atom is 0.251 e. The number of rotatable bonds is 3. The molecule has 5 heteroatoms. The van der Waals surface area contributed by atoms with Crippen molar-refractivity contribution >= 4 is 5.91 Å². The number of amides is 1. The fourth-order valence-corrected chi connectivity index (χ4v) is 2.85. The highest BCUT2D eigenvalue weighted by Gasteiger charge is 2.32. The SMILES string of the molecule is CC(C)[C@@H](C#N)N1CCN(C(=O)[C@H]2CCCO2)CC1. The smallest absolute Gasteiger partial charge is 0.251 e. The van der Waals surface area contributed by atoms with Crippen LogP contribution < -0.4 is 0 Å². The first-order chi connectivity index (χ1) is 9.13. The highest BCUT2D eigenvalue weighted by atomic mass is 16.5. The van der Waals surface area contributed by atoms with Crippen LogP contribution in [0.5, 0.6) is 0 Å². The second-order valence-corrected chi connectivity index (χ2v) is 5.68. The number of carbonyl (C=O) groups excluding carboxylic acids is 1. The largest absolute Gasteiger partial charge is 0.368 e. The molecule has 2 heterocycles. The zero-order valence-electron chi connectivity index (χ0n) is 11.8. The van der Waals surface area contributed by atoms with E-state index in [0.717, 1.165) is 25.9 Å². The molecule has 2 saturated heterocycles. The lowest BCUT2D eigenvalue weighted by Crippen LogP contribution is -2.54. The Hall–Kier alpha value is -1.12. The zero-order chi connectivity index (χ0) is 13.8. The Bertz CT molecular complexity index is 350. The number of hydrogen-bond acceptors (Lipinski definition) is 4. The van der Waals surface area contributed by atoms with Crippen molar-refractivity contribution in [3.05, 3.63) is 0 Å². The van der Waals surface area contributed by atoms with Gasteiger partial charge in [0.2, 0.25) is 0 Å². The average molecular weight is 265 g/mol. The van der Waals surface area contributed by atoms with Gasteiger partial charge < -0.3 is 9.64 Å². The van der Waals surface area contributed by atoms with Gasteiger partial charge in [-0.3, -0.25) is 9.69 Å².